The molecule has 4 nitrogen and oxygen atoms in total. The lowest BCUT2D eigenvalue weighted by Crippen LogP contribution is -2.31. The van der Waals surface area contributed by atoms with Crippen LogP contribution >= 0.6 is 0 Å². The molecule has 0 saturated heterocycles. The number of anilines is 1. The van der Waals surface area contributed by atoms with Gasteiger partial charge in [0.25, 0.3) is 0 Å². The Morgan fingerprint density at radius 2 is 2.19 bits per heavy atom. The number of hydrogen-bond acceptors (Lipinski definition) is 4. The van der Waals surface area contributed by atoms with Gasteiger partial charge in [0.05, 0.1) is 7.11 Å². The number of nitrogens with one attached hydrogen (secondary N) is 1. The van der Waals surface area contributed by atoms with Gasteiger partial charge in [0.15, 0.2) is 0 Å². The second-order valence-corrected chi connectivity index (χ2v) is 4.47. The van der Waals surface area contributed by atoms with Gasteiger partial charge in [0, 0.05) is 12.1 Å². The van der Waals surface area contributed by atoms with Gasteiger partial charge in [-0.05, 0) is 32.6 Å². The first-order chi connectivity index (χ1) is 7.69. The third-order valence-corrected chi connectivity index (χ3v) is 3.26. The third-order valence-electron chi connectivity index (χ3n) is 3.26. The van der Waals surface area contributed by atoms with Gasteiger partial charge in [0.2, 0.25) is 5.88 Å². The number of aromatic nitrogens is 2. The highest BCUT2D eigenvalue weighted by molar-refractivity contribution is 5.39. The van der Waals surface area contributed by atoms with E-state index < -0.39 is 0 Å². The average Bonchev–Trinajstić information content (AvgIpc) is 2.13. The van der Waals surface area contributed by atoms with Crippen LogP contribution in [0.5, 0.6) is 5.88 Å². The number of nitrogens with zero attached hydrogens (tertiary/aromatic N) is 2. The van der Waals surface area contributed by atoms with Crippen molar-refractivity contribution in [2.24, 2.45) is 5.92 Å². The van der Waals surface area contributed by atoms with E-state index in [0.29, 0.717) is 11.9 Å². The molecule has 0 radical (unpaired) electrons. The van der Waals surface area contributed by atoms with E-state index in [9.17, 15) is 0 Å². The molecule has 1 heterocycles. The smallest absolute Gasteiger partial charge is 0.218 e. The molecule has 0 aliphatic heterocycles. The molecule has 0 amide bonds. The van der Waals surface area contributed by atoms with Crippen molar-refractivity contribution in [3.8, 4) is 5.88 Å². The van der Waals surface area contributed by atoms with E-state index in [1.165, 1.54) is 19.3 Å². The van der Waals surface area contributed by atoms with Crippen molar-refractivity contribution in [3.63, 3.8) is 0 Å². The van der Waals surface area contributed by atoms with Crippen molar-refractivity contribution in [2.45, 2.75) is 39.2 Å². The molecule has 1 unspecified atom stereocenters. The van der Waals surface area contributed by atoms with E-state index in [1.807, 2.05) is 13.0 Å². The van der Waals surface area contributed by atoms with Gasteiger partial charge in [-0.15, -0.1) is 0 Å². The summed E-state index contributed by atoms with van der Waals surface area (Å²) in [7, 11) is 1.63. The average molecular weight is 221 g/mol. The number of aryl methyl sites for hydroxylation is 1. The topological polar surface area (TPSA) is 47.0 Å². The summed E-state index contributed by atoms with van der Waals surface area (Å²) in [4.78, 5) is 8.53. The van der Waals surface area contributed by atoms with Crippen molar-refractivity contribution >= 4 is 5.82 Å². The van der Waals surface area contributed by atoms with Crippen LogP contribution in [0.3, 0.4) is 0 Å². The molecule has 1 aromatic heterocycles. The molecule has 1 aliphatic rings. The minimum Gasteiger partial charge on any atom is -0.481 e. The Morgan fingerprint density at radius 1 is 1.44 bits per heavy atom. The molecule has 1 N–H and O–H groups in total. The van der Waals surface area contributed by atoms with Gasteiger partial charge in [-0.3, -0.25) is 0 Å². The number of rotatable bonds is 4. The molecule has 1 aromatic rings. The van der Waals surface area contributed by atoms with Crippen LogP contribution in [-0.2, 0) is 0 Å². The van der Waals surface area contributed by atoms with Crippen LogP contribution in [0.4, 0.5) is 5.82 Å². The van der Waals surface area contributed by atoms with Crippen LogP contribution in [0.25, 0.3) is 0 Å². The minimum absolute atomic E-state index is 0.479. The highest BCUT2D eigenvalue weighted by Gasteiger charge is 2.24. The monoisotopic (exact) mass is 221 g/mol. The first kappa shape index (κ1) is 11.2. The Labute approximate surface area is 96.4 Å². The SMILES string of the molecule is COc1cc(NC(C)C2CCC2)nc(C)n1. The van der Waals surface area contributed by atoms with Gasteiger partial charge in [0.1, 0.15) is 11.6 Å². The summed E-state index contributed by atoms with van der Waals surface area (Å²) in [5, 5.41) is 3.43. The van der Waals surface area contributed by atoms with Crippen LogP contribution in [0.1, 0.15) is 32.0 Å². The van der Waals surface area contributed by atoms with E-state index in [-0.39, 0.29) is 0 Å². The van der Waals surface area contributed by atoms with Gasteiger partial charge in [-0.25, -0.2) is 4.98 Å². The maximum atomic E-state index is 5.13. The molecule has 88 valence electrons. The van der Waals surface area contributed by atoms with Gasteiger partial charge in [-0.1, -0.05) is 6.42 Å². The molecule has 0 aromatic carbocycles. The van der Waals surface area contributed by atoms with Crippen molar-refractivity contribution in [2.75, 3.05) is 12.4 Å². The zero-order valence-electron chi connectivity index (χ0n) is 10.2. The predicted molar refractivity (Wildman–Crippen MR) is 63.7 cm³/mol. The number of hydrogen-bond donors (Lipinski definition) is 1. The van der Waals surface area contributed by atoms with Crippen LogP contribution in [0.2, 0.25) is 0 Å². The fourth-order valence-electron chi connectivity index (χ4n) is 2.01. The molecule has 1 fully saturated rings. The molecular formula is C12H19N3O. The third kappa shape index (κ3) is 2.43. The lowest BCUT2D eigenvalue weighted by Gasteiger charge is -2.32. The molecule has 1 saturated carbocycles. The molecule has 1 aliphatic carbocycles. The van der Waals surface area contributed by atoms with E-state index in [0.717, 1.165) is 17.6 Å². The van der Waals surface area contributed by atoms with Gasteiger partial charge >= 0.3 is 0 Å². The second kappa shape index (κ2) is 4.68. The normalized spacial score (nSPS) is 17.7. The van der Waals surface area contributed by atoms with Crippen LogP contribution < -0.4 is 10.1 Å². The summed E-state index contributed by atoms with van der Waals surface area (Å²) in [5.41, 5.74) is 0. The largest absolute Gasteiger partial charge is 0.481 e. The van der Waals surface area contributed by atoms with Crippen LogP contribution in [-0.4, -0.2) is 23.1 Å². The Kier molecular flexibility index (Phi) is 3.27. The summed E-state index contributed by atoms with van der Waals surface area (Å²) in [6, 6.07) is 2.33. The maximum Gasteiger partial charge on any atom is 0.218 e. The zero-order chi connectivity index (χ0) is 11.5. The van der Waals surface area contributed by atoms with E-state index in [4.69, 9.17) is 4.74 Å². The van der Waals surface area contributed by atoms with Gasteiger partial charge in [-0.2, -0.15) is 4.98 Å². The van der Waals surface area contributed by atoms with Crippen LogP contribution in [0, 0.1) is 12.8 Å². The predicted octanol–water partition coefficient (Wildman–Crippen LogP) is 2.39. The van der Waals surface area contributed by atoms with Crippen molar-refractivity contribution in [1.29, 1.82) is 0 Å². The van der Waals surface area contributed by atoms with E-state index >= 15 is 0 Å². The summed E-state index contributed by atoms with van der Waals surface area (Å²) < 4.78 is 5.13. The molecule has 0 spiro atoms. The summed E-state index contributed by atoms with van der Waals surface area (Å²) in [6.07, 6.45) is 4.02. The highest BCUT2D eigenvalue weighted by atomic mass is 16.5. The first-order valence-electron chi connectivity index (χ1n) is 5.85. The van der Waals surface area contributed by atoms with Crippen molar-refractivity contribution in [1.82, 2.24) is 9.97 Å². The molecule has 16 heavy (non-hydrogen) atoms. The lowest BCUT2D eigenvalue weighted by molar-refractivity contribution is 0.284. The Hall–Kier alpha value is -1.32. The Bertz CT molecular complexity index is 363. The standard InChI is InChI=1S/C12H19N3O/c1-8(10-5-4-6-10)13-11-7-12(16-3)15-9(2)14-11/h7-8,10H,4-6H2,1-3H3,(H,13,14,15). The first-order valence-corrected chi connectivity index (χ1v) is 5.85. The Balaban J connectivity index is 2.04. The van der Waals surface area contributed by atoms with Crippen molar-refractivity contribution < 1.29 is 4.74 Å². The van der Waals surface area contributed by atoms with Gasteiger partial charge < -0.3 is 10.1 Å². The maximum absolute atomic E-state index is 5.13. The second-order valence-electron chi connectivity index (χ2n) is 4.47. The summed E-state index contributed by atoms with van der Waals surface area (Å²) in [5.74, 6) is 3.02. The highest BCUT2D eigenvalue weighted by Crippen LogP contribution is 2.30. The Morgan fingerprint density at radius 3 is 2.75 bits per heavy atom. The summed E-state index contributed by atoms with van der Waals surface area (Å²) in [6.45, 7) is 4.09. The minimum atomic E-state index is 0.479. The fourth-order valence-corrected chi connectivity index (χ4v) is 2.01. The summed E-state index contributed by atoms with van der Waals surface area (Å²) >= 11 is 0. The molecule has 4 heteroatoms. The zero-order valence-corrected chi connectivity index (χ0v) is 10.2. The van der Waals surface area contributed by atoms with Crippen LogP contribution in [0.15, 0.2) is 6.07 Å². The fraction of sp³-hybridized carbons (Fsp3) is 0.667. The number of methoxy groups -OCH3 is 1. The molecule has 0 bridgehead atoms. The molecule has 2 rings (SSSR count). The van der Waals surface area contributed by atoms with Crippen molar-refractivity contribution in [3.05, 3.63) is 11.9 Å². The van der Waals surface area contributed by atoms with E-state index in [2.05, 4.69) is 22.2 Å². The molecular weight excluding hydrogens is 202 g/mol. The quantitative estimate of drug-likeness (QED) is 0.848. The number of ether oxygens (including phenoxy) is 1. The van der Waals surface area contributed by atoms with E-state index in [1.54, 1.807) is 7.11 Å². The molecule has 1 atom stereocenters. The lowest BCUT2D eigenvalue weighted by atomic mass is 9.80.